The van der Waals surface area contributed by atoms with E-state index in [1.165, 1.54) is 0 Å². The molecule has 2 aromatic heterocycles. The summed E-state index contributed by atoms with van der Waals surface area (Å²) in [4.78, 5) is 9.05. The second-order valence-corrected chi connectivity index (χ2v) is 6.08. The predicted octanol–water partition coefficient (Wildman–Crippen LogP) is 4.24. The molecule has 0 N–H and O–H groups in total. The molecule has 3 rings (SSSR count). The maximum atomic E-state index is 6.31. The van der Waals surface area contributed by atoms with Crippen LogP contribution in [-0.4, -0.2) is 21.1 Å². The normalized spacial score (nSPS) is 12.7. The van der Waals surface area contributed by atoms with Crippen LogP contribution in [0.1, 0.15) is 30.7 Å². The Balaban J connectivity index is 2.15. The van der Waals surface area contributed by atoms with Crippen molar-refractivity contribution < 1.29 is 4.74 Å². The second-order valence-electron chi connectivity index (χ2n) is 4.71. The maximum absolute atomic E-state index is 6.31. The van der Waals surface area contributed by atoms with Crippen LogP contribution < -0.4 is 4.74 Å². The number of fused-ring (bicyclic) bond motifs is 1. The third-order valence-electron chi connectivity index (χ3n) is 3.23. The van der Waals surface area contributed by atoms with Crippen LogP contribution in [0.5, 0.6) is 5.75 Å². The molecule has 1 atom stereocenters. The van der Waals surface area contributed by atoms with Gasteiger partial charge in [-0.05, 0) is 26.0 Å². The maximum Gasteiger partial charge on any atom is 0.147 e. The van der Waals surface area contributed by atoms with Gasteiger partial charge in [0.25, 0.3) is 0 Å². The van der Waals surface area contributed by atoms with Gasteiger partial charge in [0.2, 0.25) is 0 Å². The van der Waals surface area contributed by atoms with E-state index in [0.29, 0.717) is 13.2 Å². The first-order valence-electron chi connectivity index (χ1n) is 6.83. The Morgan fingerprint density at radius 2 is 2.29 bits per heavy atom. The summed E-state index contributed by atoms with van der Waals surface area (Å²) in [5.41, 5.74) is 4.73. The van der Waals surface area contributed by atoms with Crippen molar-refractivity contribution in [1.82, 2.24) is 14.5 Å². The van der Waals surface area contributed by atoms with E-state index in [2.05, 4.69) is 9.55 Å². The third kappa shape index (κ3) is 2.76. The number of halogens is 1. The van der Waals surface area contributed by atoms with Gasteiger partial charge in [0, 0.05) is 5.38 Å². The van der Waals surface area contributed by atoms with Crippen molar-refractivity contribution in [2.45, 2.75) is 25.8 Å². The van der Waals surface area contributed by atoms with Crippen LogP contribution >= 0.6 is 22.9 Å². The van der Waals surface area contributed by atoms with Gasteiger partial charge in [-0.2, -0.15) is 0 Å². The summed E-state index contributed by atoms with van der Waals surface area (Å²) in [7, 11) is 0. The molecular formula is C15H16ClN3OS. The van der Waals surface area contributed by atoms with Crippen molar-refractivity contribution in [2.24, 2.45) is 0 Å². The molecule has 0 radical (unpaired) electrons. The number of hydrogen-bond donors (Lipinski definition) is 0. The summed E-state index contributed by atoms with van der Waals surface area (Å²) in [6.07, 6.45) is 0. The Kier molecular flexibility index (Phi) is 4.12. The fraction of sp³-hybridized carbons (Fsp3) is 0.333. The number of ether oxygens (including phenoxy) is 1. The Bertz CT molecular complexity index is 737. The zero-order chi connectivity index (χ0) is 14.8. The highest BCUT2D eigenvalue weighted by Gasteiger charge is 2.18. The van der Waals surface area contributed by atoms with Gasteiger partial charge in [-0.25, -0.2) is 9.97 Å². The summed E-state index contributed by atoms with van der Waals surface area (Å²) >= 11 is 7.90. The number of alkyl halides is 1. The minimum Gasteiger partial charge on any atom is -0.492 e. The highest BCUT2D eigenvalue weighted by molar-refractivity contribution is 7.07. The molecular weight excluding hydrogens is 306 g/mol. The molecule has 0 aliphatic rings. The average Bonchev–Trinajstić information content (AvgIpc) is 3.09. The number of para-hydroxylation sites is 1. The van der Waals surface area contributed by atoms with Crippen LogP contribution in [0, 0.1) is 0 Å². The van der Waals surface area contributed by atoms with Gasteiger partial charge < -0.3 is 9.30 Å². The first-order chi connectivity index (χ1) is 10.2. The highest BCUT2D eigenvalue weighted by Crippen LogP contribution is 2.30. The van der Waals surface area contributed by atoms with E-state index < -0.39 is 0 Å². The molecule has 0 saturated carbocycles. The fourth-order valence-electron chi connectivity index (χ4n) is 2.36. The van der Waals surface area contributed by atoms with Crippen molar-refractivity contribution >= 4 is 34.0 Å². The van der Waals surface area contributed by atoms with E-state index in [1.54, 1.807) is 11.3 Å². The number of imidazole rings is 1. The predicted molar refractivity (Wildman–Crippen MR) is 86.4 cm³/mol. The van der Waals surface area contributed by atoms with Gasteiger partial charge in [-0.15, -0.1) is 22.9 Å². The molecule has 21 heavy (non-hydrogen) atoms. The summed E-state index contributed by atoms with van der Waals surface area (Å²) in [6.45, 7) is 5.18. The van der Waals surface area contributed by atoms with Crippen LogP contribution in [0.3, 0.4) is 0 Å². The summed E-state index contributed by atoms with van der Waals surface area (Å²) in [5, 5.41) is 1.87. The third-order valence-corrected chi connectivity index (χ3v) is 4.06. The van der Waals surface area contributed by atoms with Crippen LogP contribution in [0.25, 0.3) is 11.0 Å². The number of thiazole rings is 1. The van der Waals surface area contributed by atoms with Crippen molar-refractivity contribution in [3.05, 3.63) is 40.6 Å². The molecule has 4 nitrogen and oxygen atoms in total. The van der Waals surface area contributed by atoms with E-state index in [0.717, 1.165) is 28.3 Å². The molecule has 0 spiro atoms. The molecule has 0 aliphatic carbocycles. The molecule has 0 saturated heterocycles. The number of aromatic nitrogens is 3. The smallest absolute Gasteiger partial charge is 0.147 e. The van der Waals surface area contributed by atoms with E-state index in [-0.39, 0.29) is 5.38 Å². The van der Waals surface area contributed by atoms with Crippen LogP contribution in [0.2, 0.25) is 0 Å². The molecule has 6 heteroatoms. The van der Waals surface area contributed by atoms with Gasteiger partial charge >= 0.3 is 0 Å². The zero-order valence-corrected chi connectivity index (χ0v) is 13.5. The summed E-state index contributed by atoms with van der Waals surface area (Å²) in [6, 6.07) is 5.96. The van der Waals surface area contributed by atoms with Gasteiger partial charge in [0.05, 0.1) is 35.2 Å². The molecule has 1 unspecified atom stereocenters. The van der Waals surface area contributed by atoms with E-state index >= 15 is 0 Å². The van der Waals surface area contributed by atoms with Crippen LogP contribution in [0.4, 0.5) is 0 Å². The number of nitrogens with zero attached hydrogens (tertiary/aromatic N) is 3. The zero-order valence-electron chi connectivity index (χ0n) is 11.9. The lowest BCUT2D eigenvalue weighted by Gasteiger charge is -2.09. The largest absolute Gasteiger partial charge is 0.492 e. The molecule has 0 fully saturated rings. The number of benzene rings is 1. The number of rotatable bonds is 5. The lowest BCUT2D eigenvalue weighted by Crippen LogP contribution is -2.05. The Labute approximate surface area is 132 Å². The topological polar surface area (TPSA) is 39.9 Å². The van der Waals surface area contributed by atoms with Crippen molar-refractivity contribution in [3.63, 3.8) is 0 Å². The first-order valence-corrected chi connectivity index (χ1v) is 8.21. The molecule has 0 bridgehead atoms. The van der Waals surface area contributed by atoms with Crippen molar-refractivity contribution in [2.75, 3.05) is 6.61 Å². The SMILES string of the molecule is CCOc1cccc2c1nc(C(C)Cl)n2Cc1cscn1. The van der Waals surface area contributed by atoms with Crippen LogP contribution in [-0.2, 0) is 6.54 Å². The molecule has 3 aromatic rings. The van der Waals surface area contributed by atoms with Crippen LogP contribution in [0.15, 0.2) is 29.1 Å². The summed E-state index contributed by atoms with van der Waals surface area (Å²) < 4.78 is 7.79. The van der Waals surface area contributed by atoms with E-state index in [4.69, 9.17) is 21.3 Å². The van der Waals surface area contributed by atoms with E-state index in [1.807, 2.05) is 42.9 Å². The van der Waals surface area contributed by atoms with Crippen molar-refractivity contribution in [1.29, 1.82) is 0 Å². The average molecular weight is 322 g/mol. The standard InChI is InChI=1S/C15H16ClN3OS/c1-3-20-13-6-4-5-12-14(13)18-15(10(2)16)19(12)7-11-8-21-9-17-11/h4-6,8-10H,3,7H2,1-2H3. The molecule has 2 heterocycles. The Morgan fingerprint density at radius 1 is 1.43 bits per heavy atom. The molecule has 0 aliphatic heterocycles. The Morgan fingerprint density at radius 3 is 2.95 bits per heavy atom. The number of hydrogen-bond acceptors (Lipinski definition) is 4. The first kappa shape index (κ1) is 14.4. The Hall–Kier alpha value is -1.59. The van der Waals surface area contributed by atoms with Gasteiger partial charge in [-0.1, -0.05) is 6.07 Å². The lowest BCUT2D eigenvalue weighted by molar-refractivity contribution is 0.343. The van der Waals surface area contributed by atoms with Crippen molar-refractivity contribution in [3.8, 4) is 5.75 Å². The van der Waals surface area contributed by atoms with E-state index in [9.17, 15) is 0 Å². The monoisotopic (exact) mass is 321 g/mol. The second kappa shape index (κ2) is 6.03. The summed E-state index contributed by atoms with van der Waals surface area (Å²) in [5.74, 6) is 1.64. The molecule has 0 amide bonds. The fourth-order valence-corrected chi connectivity index (χ4v) is 3.07. The minimum atomic E-state index is -0.175. The van der Waals surface area contributed by atoms with Gasteiger partial charge in [0.15, 0.2) is 0 Å². The van der Waals surface area contributed by atoms with Gasteiger partial charge in [-0.3, -0.25) is 0 Å². The quantitative estimate of drug-likeness (QED) is 0.660. The lowest BCUT2D eigenvalue weighted by atomic mass is 10.3. The van der Waals surface area contributed by atoms with Gasteiger partial charge in [0.1, 0.15) is 17.1 Å². The molecule has 110 valence electrons. The minimum absolute atomic E-state index is 0.175. The molecule has 1 aromatic carbocycles. The highest BCUT2D eigenvalue weighted by atomic mass is 35.5.